The molecule has 0 spiro atoms. The van der Waals surface area contributed by atoms with Gasteiger partial charge in [0.1, 0.15) is 5.66 Å². The molecule has 1 aliphatic heterocycles. The molecule has 1 unspecified atom stereocenters. The Morgan fingerprint density at radius 3 is 2.56 bits per heavy atom. The van der Waals surface area contributed by atoms with E-state index in [4.69, 9.17) is 11.5 Å². The highest BCUT2D eigenvalue weighted by atomic mass is 15.2. The van der Waals surface area contributed by atoms with E-state index in [9.17, 15) is 0 Å². The van der Waals surface area contributed by atoms with Crippen molar-refractivity contribution >= 4 is 5.96 Å². The van der Waals surface area contributed by atoms with Gasteiger partial charge in [-0.3, -0.25) is 0 Å². The molecule has 4 heteroatoms. The second kappa shape index (κ2) is 4.46. The molecule has 1 aliphatic rings. The predicted molar refractivity (Wildman–Crippen MR) is 74.7 cm³/mol. The number of benzene rings is 1. The average molecular weight is 244 g/mol. The molecule has 0 aromatic heterocycles. The molecule has 0 fully saturated rings. The van der Waals surface area contributed by atoms with E-state index in [1.807, 2.05) is 24.3 Å². The first-order valence-electron chi connectivity index (χ1n) is 6.05. The predicted octanol–water partition coefficient (Wildman–Crippen LogP) is 1.34. The van der Waals surface area contributed by atoms with E-state index in [2.05, 4.69) is 36.3 Å². The molecule has 1 aromatic carbocycles. The molecule has 5 N–H and O–H groups in total. The van der Waals surface area contributed by atoms with Crippen LogP contribution in [0.4, 0.5) is 0 Å². The van der Waals surface area contributed by atoms with Gasteiger partial charge in [0.15, 0.2) is 5.96 Å². The summed E-state index contributed by atoms with van der Waals surface area (Å²) in [5.74, 6) is 0.362. The number of hydrogen-bond donors (Lipinski definition) is 3. The monoisotopic (exact) mass is 244 g/mol. The van der Waals surface area contributed by atoms with Crippen molar-refractivity contribution in [3.8, 4) is 0 Å². The molecule has 18 heavy (non-hydrogen) atoms. The van der Waals surface area contributed by atoms with Gasteiger partial charge in [0.05, 0.1) is 0 Å². The van der Waals surface area contributed by atoms with Crippen LogP contribution in [0, 0.1) is 5.41 Å². The van der Waals surface area contributed by atoms with E-state index < -0.39 is 5.66 Å². The molecular formula is C14H20N4. The van der Waals surface area contributed by atoms with E-state index in [-0.39, 0.29) is 5.41 Å². The Balaban J connectivity index is 2.25. The van der Waals surface area contributed by atoms with Crippen molar-refractivity contribution in [1.82, 2.24) is 5.32 Å². The topological polar surface area (TPSA) is 76.4 Å². The Hall–Kier alpha value is -1.81. The fourth-order valence-corrected chi connectivity index (χ4v) is 2.15. The normalized spacial score (nSPS) is 23.4. The Labute approximate surface area is 108 Å². The summed E-state index contributed by atoms with van der Waals surface area (Å²) >= 11 is 0. The van der Waals surface area contributed by atoms with Crippen molar-refractivity contribution in [2.24, 2.45) is 21.9 Å². The first-order chi connectivity index (χ1) is 8.43. The van der Waals surface area contributed by atoms with Crippen LogP contribution in [0.2, 0.25) is 0 Å². The molecule has 0 bridgehead atoms. The number of aliphatic imine (C=N–C) groups is 1. The van der Waals surface area contributed by atoms with Crippen molar-refractivity contribution in [3.05, 3.63) is 48.2 Å². The van der Waals surface area contributed by atoms with Crippen molar-refractivity contribution < 1.29 is 0 Å². The molecule has 0 radical (unpaired) electrons. The van der Waals surface area contributed by atoms with Gasteiger partial charge < -0.3 is 16.8 Å². The van der Waals surface area contributed by atoms with E-state index >= 15 is 0 Å². The van der Waals surface area contributed by atoms with Crippen LogP contribution in [-0.4, -0.2) is 11.6 Å². The third-order valence-corrected chi connectivity index (χ3v) is 3.45. The van der Waals surface area contributed by atoms with Gasteiger partial charge in [0, 0.05) is 11.6 Å². The number of guanidine groups is 1. The number of nitrogens with two attached hydrogens (primary N) is 2. The van der Waals surface area contributed by atoms with E-state index in [1.165, 1.54) is 5.56 Å². The highest BCUT2D eigenvalue weighted by molar-refractivity contribution is 5.80. The zero-order valence-electron chi connectivity index (χ0n) is 10.9. The van der Waals surface area contributed by atoms with Gasteiger partial charge in [-0.1, -0.05) is 44.2 Å². The molecule has 96 valence electrons. The smallest absolute Gasteiger partial charge is 0.194 e. The highest BCUT2D eigenvalue weighted by Gasteiger charge is 2.41. The van der Waals surface area contributed by atoms with Crippen LogP contribution in [0.1, 0.15) is 19.4 Å². The standard InChI is InChI=1S/C14H20N4/c1-13(2,10-11-6-4-3-5-7-11)14(16)8-9-17-12(15)18-14/h3-9H,10,16H2,1-2H3,(H3,15,17,18). The van der Waals surface area contributed by atoms with Gasteiger partial charge in [-0.05, 0) is 18.1 Å². The summed E-state index contributed by atoms with van der Waals surface area (Å²) in [6.45, 7) is 4.21. The summed E-state index contributed by atoms with van der Waals surface area (Å²) in [6, 6.07) is 10.3. The highest BCUT2D eigenvalue weighted by Crippen LogP contribution is 2.35. The molecule has 2 rings (SSSR count). The van der Waals surface area contributed by atoms with E-state index in [0.29, 0.717) is 5.96 Å². The zero-order chi connectivity index (χ0) is 13.2. The van der Waals surface area contributed by atoms with Gasteiger partial charge in [-0.25, -0.2) is 4.99 Å². The van der Waals surface area contributed by atoms with Crippen LogP contribution in [0.5, 0.6) is 0 Å². The Morgan fingerprint density at radius 2 is 1.94 bits per heavy atom. The minimum Gasteiger partial charge on any atom is -0.370 e. The lowest BCUT2D eigenvalue weighted by atomic mass is 9.74. The molecule has 0 amide bonds. The molecule has 1 aromatic rings. The van der Waals surface area contributed by atoms with E-state index in [0.717, 1.165) is 6.42 Å². The average Bonchev–Trinajstić information content (AvgIpc) is 2.29. The van der Waals surface area contributed by atoms with Gasteiger partial charge in [-0.15, -0.1) is 0 Å². The molecule has 0 saturated heterocycles. The third kappa shape index (κ3) is 2.38. The van der Waals surface area contributed by atoms with Crippen LogP contribution in [0.25, 0.3) is 0 Å². The minimum absolute atomic E-state index is 0.225. The quantitative estimate of drug-likeness (QED) is 0.751. The van der Waals surface area contributed by atoms with Crippen LogP contribution in [-0.2, 0) is 6.42 Å². The van der Waals surface area contributed by atoms with Crippen LogP contribution in [0.15, 0.2) is 47.6 Å². The Bertz CT molecular complexity index is 476. The van der Waals surface area contributed by atoms with Crippen molar-refractivity contribution in [2.45, 2.75) is 25.9 Å². The summed E-state index contributed by atoms with van der Waals surface area (Å²) in [5, 5.41) is 2.84. The maximum Gasteiger partial charge on any atom is 0.194 e. The SMILES string of the molecule is CC(C)(Cc1ccccc1)C1(N)C=CNC(N)=N1. The number of rotatable bonds is 3. The lowest BCUT2D eigenvalue weighted by Crippen LogP contribution is -2.54. The summed E-state index contributed by atoms with van der Waals surface area (Å²) in [5.41, 5.74) is 12.3. The fourth-order valence-electron chi connectivity index (χ4n) is 2.15. The van der Waals surface area contributed by atoms with Crippen molar-refractivity contribution in [3.63, 3.8) is 0 Å². The second-order valence-electron chi connectivity index (χ2n) is 5.35. The third-order valence-electron chi connectivity index (χ3n) is 3.45. The van der Waals surface area contributed by atoms with Gasteiger partial charge in [-0.2, -0.15) is 0 Å². The maximum atomic E-state index is 6.38. The van der Waals surface area contributed by atoms with E-state index in [1.54, 1.807) is 6.20 Å². The largest absolute Gasteiger partial charge is 0.370 e. The first-order valence-corrected chi connectivity index (χ1v) is 6.05. The van der Waals surface area contributed by atoms with Gasteiger partial charge in [0.25, 0.3) is 0 Å². The van der Waals surface area contributed by atoms with Crippen LogP contribution >= 0.6 is 0 Å². The van der Waals surface area contributed by atoms with Gasteiger partial charge >= 0.3 is 0 Å². The minimum atomic E-state index is -0.780. The van der Waals surface area contributed by atoms with Crippen LogP contribution < -0.4 is 16.8 Å². The fraction of sp³-hybridized carbons (Fsp3) is 0.357. The first kappa shape index (κ1) is 12.6. The Kier molecular flexibility index (Phi) is 3.13. The molecular weight excluding hydrogens is 224 g/mol. The lowest BCUT2D eigenvalue weighted by Gasteiger charge is -2.40. The summed E-state index contributed by atoms with van der Waals surface area (Å²) in [7, 11) is 0. The molecule has 0 aliphatic carbocycles. The zero-order valence-corrected chi connectivity index (χ0v) is 10.9. The van der Waals surface area contributed by atoms with Crippen LogP contribution in [0.3, 0.4) is 0 Å². The lowest BCUT2D eigenvalue weighted by molar-refractivity contribution is 0.217. The Morgan fingerprint density at radius 1 is 1.28 bits per heavy atom. The molecule has 0 saturated carbocycles. The van der Waals surface area contributed by atoms with Crippen molar-refractivity contribution in [1.29, 1.82) is 0 Å². The summed E-state index contributed by atoms with van der Waals surface area (Å²) in [4.78, 5) is 4.36. The second-order valence-corrected chi connectivity index (χ2v) is 5.35. The number of nitrogens with one attached hydrogen (secondary N) is 1. The van der Waals surface area contributed by atoms with Crippen molar-refractivity contribution in [2.75, 3.05) is 0 Å². The maximum absolute atomic E-state index is 6.38. The summed E-state index contributed by atoms with van der Waals surface area (Å²) in [6.07, 6.45) is 4.47. The number of hydrogen-bond acceptors (Lipinski definition) is 4. The molecule has 1 atom stereocenters. The molecule has 4 nitrogen and oxygen atoms in total. The number of nitrogens with zero attached hydrogens (tertiary/aromatic N) is 1. The summed E-state index contributed by atoms with van der Waals surface area (Å²) < 4.78 is 0. The molecule has 1 heterocycles. The van der Waals surface area contributed by atoms with Gasteiger partial charge in [0.2, 0.25) is 0 Å².